The van der Waals surface area contributed by atoms with E-state index in [0.717, 1.165) is 6.54 Å². The Kier molecular flexibility index (Phi) is 3.39. The highest BCUT2D eigenvalue weighted by molar-refractivity contribution is 5.35. The molecule has 1 aliphatic rings. The summed E-state index contributed by atoms with van der Waals surface area (Å²) in [4.78, 5) is 0. The van der Waals surface area contributed by atoms with Crippen LogP contribution in [0.15, 0.2) is 48.5 Å². The lowest BCUT2D eigenvalue weighted by Gasteiger charge is -2.21. The Labute approximate surface area is 115 Å². The van der Waals surface area contributed by atoms with E-state index in [0.29, 0.717) is 12.0 Å². The standard InChI is InChI=1S/C18H21N/c1-13-10-14(2)12-16(11-13)18-17(8-9-19-18)15-6-4-3-5-7-15/h3-7,10-12,17-19H,8-9H2,1-2H3. The summed E-state index contributed by atoms with van der Waals surface area (Å²) in [5.41, 5.74) is 5.60. The van der Waals surface area contributed by atoms with Crippen molar-refractivity contribution in [3.8, 4) is 0 Å². The molecule has 0 bridgehead atoms. The number of benzene rings is 2. The quantitative estimate of drug-likeness (QED) is 0.846. The Balaban J connectivity index is 1.95. The third-order valence-electron chi connectivity index (χ3n) is 4.05. The average Bonchev–Trinajstić information content (AvgIpc) is 2.88. The normalized spacial score (nSPS) is 22.6. The van der Waals surface area contributed by atoms with E-state index in [-0.39, 0.29) is 0 Å². The second-order valence-corrected chi connectivity index (χ2v) is 5.66. The van der Waals surface area contributed by atoms with Gasteiger partial charge in [0.15, 0.2) is 0 Å². The van der Waals surface area contributed by atoms with Crippen molar-refractivity contribution in [2.24, 2.45) is 0 Å². The molecule has 0 amide bonds. The smallest absolute Gasteiger partial charge is 0.0390 e. The van der Waals surface area contributed by atoms with Gasteiger partial charge in [-0.05, 0) is 37.9 Å². The van der Waals surface area contributed by atoms with Crippen LogP contribution in [0.3, 0.4) is 0 Å². The largest absolute Gasteiger partial charge is 0.309 e. The minimum Gasteiger partial charge on any atom is -0.309 e. The zero-order valence-corrected chi connectivity index (χ0v) is 11.7. The highest BCUT2D eigenvalue weighted by Crippen LogP contribution is 2.38. The van der Waals surface area contributed by atoms with Crippen LogP contribution in [0.2, 0.25) is 0 Å². The number of nitrogens with one attached hydrogen (secondary N) is 1. The van der Waals surface area contributed by atoms with Gasteiger partial charge in [-0.1, -0.05) is 59.7 Å². The summed E-state index contributed by atoms with van der Waals surface area (Å²) in [6.07, 6.45) is 1.22. The molecule has 98 valence electrons. The maximum Gasteiger partial charge on any atom is 0.0390 e. The van der Waals surface area contributed by atoms with Gasteiger partial charge < -0.3 is 5.32 Å². The van der Waals surface area contributed by atoms with Crippen molar-refractivity contribution in [2.45, 2.75) is 32.2 Å². The summed E-state index contributed by atoms with van der Waals surface area (Å²) < 4.78 is 0. The minimum absolute atomic E-state index is 0.459. The van der Waals surface area contributed by atoms with Crippen LogP contribution < -0.4 is 5.32 Å². The molecule has 1 nitrogen and oxygen atoms in total. The van der Waals surface area contributed by atoms with Gasteiger partial charge in [0.2, 0.25) is 0 Å². The van der Waals surface area contributed by atoms with E-state index in [2.05, 4.69) is 67.7 Å². The second-order valence-electron chi connectivity index (χ2n) is 5.66. The molecular formula is C18H21N. The van der Waals surface area contributed by atoms with E-state index in [9.17, 15) is 0 Å². The van der Waals surface area contributed by atoms with Crippen molar-refractivity contribution < 1.29 is 0 Å². The van der Waals surface area contributed by atoms with E-state index in [1.165, 1.54) is 28.7 Å². The van der Waals surface area contributed by atoms with Crippen molar-refractivity contribution >= 4 is 0 Å². The molecule has 0 aliphatic carbocycles. The fraction of sp³-hybridized carbons (Fsp3) is 0.333. The monoisotopic (exact) mass is 251 g/mol. The van der Waals surface area contributed by atoms with Gasteiger partial charge in [0.05, 0.1) is 0 Å². The molecule has 3 rings (SSSR count). The second kappa shape index (κ2) is 5.18. The van der Waals surface area contributed by atoms with Crippen LogP contribution in [0.1, 0.15) is 40.6 Å². The SMILES string of the molecule is Cc1cc(C)cc(C2NCCC2c2ccccc2)c1. The summed E-state index contributed by atoms with van der Waals surface area (Å²) in [6.45, 7) is 5.48. The summed E-state index contributed by atoms with van der Waals surface area (Å²) in [7, 11) is 0. The minimum atomic E-state index is 0.459. The van der Waals surface area contributed by atoms with Gasteiger partial charge in [-0.3, -0.25) is 0 Å². The molecule has 1 heterocycles. The molecule has 1 saturated heterocycles. The first-order valence-electron chi connectivity index (χ1n) is 7.10. The van der Waals surface area contributed by atoms with Crippen molar-refractivity contribution in [3.05, 3.63) is 70.8 Å². The summed E-state index contributed by atoms with van der Waals surface area (Å²) in [5, 5.41) is 3.68. The first-order chi connectivity index (χ1) is 9.24. The maximum atomic E-state index is 3.68. The maximum absolute atomic E-state index is 3.68. The molecule has 0 spiro atoms. The highest BCUT2D eigenvalue weighted by Gasteiger charge is 2.29. The van der Waals surface area contributed by atoms with Gasteiger partial charge in [-0.25, -0.2) is 0 Å². The van der Waals surface area contributed by atoms with Crippen LogP contribution in [0.4, 0.5) is 0 Å². The first-order valence-corrected chi connectivity index (χ1v) is 7.10. The number of aryl methyl sites for hydroxylation is 2. The first kappa shape index (κ1) is 12.4. The van der Waals surface area contributed by atoms with Gasteiger partial charge in [0, 0.05) is 12.0 Å². The number of hydrogen-bond acceptors (Lipinski definition) is 1. The van der Waals surface area contributed by atoms with Crippen LogP contribution in [-0.2, 0) is 0 Å². The zero-order valence-electron chi connectivity index (χ0n) is 11.7. The van der Waals surface area contributed by atoms with E-state index < -0.39 is 0 Å². The summed E-state index contributed by atoms with van der Waals surface area (Å²) in [6, 6.07) is 18.3. The molecule has 2 unspecified atom stereocenters. The average molecular weight is 251 g/mol. The van der Waals surface area contributed by atoms with E-state index in [1.54, 1.807) is 0 Å². The predicted molar refractivity (Wildman–Crippen MR) is 80.5 cm³/mol. The van der Waals surface area contributed by atoms with Crippen molar-refractivity contribution in [1.82, 2.24) is 5.32 Å². The van der Waals surface area contributed by atoms with Gasteiger partial charge in [-0.2, -0.15) is 0 Å². The number of hydrogen-bond donors (Lipinski definition) is 1. The van der Waals surface area contributed by atoms with Gasteiger partial charge in [0.1, 0.15) is 0 Å². The number of rotatable bonds is 2. The molecule has 0 saturated carbocycles. The fourth-order valence-electron chi connectivity index (χ4n) is 3.30. The molecule has 19 heavy (non-hydrogen) atoms. The molecule has 1 heteroatoms. The van der Waals surface area contributed by atoms with Crippen LogP contribution in [0, 0.1) is 13.8 Å². The van der Waals surface area contributed by atoms with Crippen LogP contribution in [0.5, 0.6) is 0 Å². The molecule has 0 aromatic heterocycles. The Morgan fingerprint density at radius 3 is 2.26 bits per heavy atom. The molecule has 0 radical (unpaired) electrons. The van der Waals surface area contributed by atoms with Crippen LogP contribution >= 0.6 is 0 Å². The van der Waals surface area contributed by atoms with Gasteiger partial charge in [-0.15, -0.1) is 0 Å². The lowest BCUT2D eigenvalue weighted by Crippen LogP contribution is -2.17. The Bertz CT molecular complexity index is 539. The summed E-state index contributed by atoms with van der Waals surface area (Å²) in [5.74, 6) is 0.599. The third-order valence-corrected chi connectivity index (χ3v) is 4.05. The Morgan fingerprint density at radius 1 is 0.895 bits per heavy atom. The lowest BCUT2D eigenvalue weighted by molar-refractivity contribution is 0.577. The molecule has 2 atom stereocenters. The molecular weight excluding hydrogens is 230 g/mol. The van der Waals surface area contributed by atoms with E-state index in [4.69, 9.17) is 0 Å². The molecule has 1 aliphatic heterocycles. The fourth-order valence-corrected chi connectivity index (χ4v) is 3.30. The zero-order chi connectivity index (χ0) is 13.2. The molecule has 1 N–H and O–H groups in total. The van der Waals surface area contributed by atoms with Crippen LogP contribution in [0.25, 0.3) is 0 Å². The Hall–Kier alpha value is -1.60. The predicted octanol–water partition coefficient (Wildman–Crippen LogP) is 4.12. The molecule has 2 aromatic carbocycles. The molecule has 1 fully saturated rings. The lowest BCUT2D eigenvalue weighted by atomic mass is 9.87. The highest BCUT2D eigenvalue weighted by atomic mass is 15.0. The Morgan fingerprint density at radius 2 is 1.58 bits per heavy atom. The van der Waals surface area contributed by atoms with E-state index >= 15 is 0 Å². The molecule has 2 aromatic rings. The van der Waals surface area contributed by atoms with Crippen molar-refractivity contribution in [1.29, 1.82) is 0 Å². The van der Waals surface area contributed by atoms with E-state index in [1.807, 2.05) is 0 Å². The third kappa shape index (κ3) is 2.57. The summed E-state index contributed by atoms with van der Waals surface area (Å²) >= 11 is 0. The topological polar surface area (TPSA) is 12.0 Å². The van der Waals surface area contributed by atoms with Gasteiger partial charge in [0.25, 0.3) is 0 Å². The van der Waals surface area contributed by atoms with Crippen molar-refractivity contribution in [2.75, 3.05) is 6.54 Å². The van der Waals surface area contributed by atoms with Gasteiger partial charge >= 0.3 is 0 Å². The van der Waals surface area contributed by atoms with Crippen LogP contribution in [-0.4, -0.2) is 6.54 Å². The van der Waals surface area contributed by atoms with Crippen molar-refractivity contribution in [3.63, 3.8) is 0 Å².